The zero-order valence-corrected chi connectivity index (χ0v) is 12.7. The topological polar surface area (TPSA) is 68.0 Å². The molecule has 0 aliphatic carbocycles. The molecule has 21 heavy (non-hydrogen) atoms. The molecule has 116 valence electrons. The van der Waals surface area contributed by atoms with Gasteiger partial charge < -0.3 is 20.1 Å². The van der Waals surface area contributed by atoms with Crippen LogP contribution in [0.5, 0.6) is 0 Å². The summed E-state index contributed by atoms with van der Waals surface area (Å²) in [5.74, 6) is -0.334. The van der Waals surface area contributed by atoms with Crippen molar-refractivity contribution >= 4 is 17.3 Å². The number of esters is 1. The summed E-state index contributed by atoms with van der Waals surface area (Å²) < 4.78 is 10.7. The number of anilines is 2. The standard InChI is InChI=1S/C15H23N3O3/c1-17(2)14-4-3-12(16)11-13(14)15(19)21-10-7-18-5-8-20-9-6-18/h3-4,11H,5-10,16H2,1-2H3. The molecule has 0 unspecified atom stereocenters. The number of benzene rings is 1. The van der Waals surface area contributed by atoms with E-state index in [9.17, 15) is 4.79 Å². The summed E-state index contributed by atoms with van der Waals surface area (Å²) in [6.07, 6.45) is 0. The first-order chi connectivity index (χ1) is 10.1. The van der Waals surface area contributed by atoms with E-state index >= 15 is 0 Å². The molecule has 0 aromatic heterocycles. The van der Waals surface area contributed by atoms with Gasteiger partial charge in [-0.3, -0.25) is 4.90 Å². The Morgan fingerprint density at radius 3 is 2.76 bits per heavy atom. The van der Waals surface area contributed by atoms with E-state index in [4.69, 9.17) is 15.2 Å². The van der Waals surface area contributed by atoms with Crippen LogP contribution in [0.3, 0.4) is 0 Å². The molecule has 0 atom stereocenters. The van der Waals surface area contributed by atoms with Crippen LogP contribution in [-0.2, 0) is 9.47 Å². The van der Waals surface area contributed by atoms with Gasteiger partial charge in [0, 0.05) is 39.4 Å². The number of morpholine rings is 1. The summed E-state index contributed by atoms with van der Waals surface area (Å²) >= 11 is 0. The van der Waals surface area contributed by atoms with E-state index in [0.29, 0.717) is 17.9 Å². The Morgan fingerprint density at radius 2 is 2.10 bits per heavy atom. The zero-order chi connectivity index (χ0) is 15.2. The minimum Gasteiger partial charge on any atom is -0.461 e. The minimum atomic E-state index is -0.334. The molecule has 1 aliphatic rings. The number of nitrogens with zero attached hydrogens (tertiary/aromatic N) is 2. The lowest BCUT2D eigenvalue weighted by Gasteiger charge is -2.26. The molecule has 1 aromatic rings. The highest BCUT2D eigenvalue weighted by molar-refractivity contribution is 5.96. The highest BCUT2D eigenvalue weighted by atomic mass is 16.5. The van der Waals surface area contributed by atoms with Crippen LogP contribution in [0, 0.1) is 0 Å². The van der Waals surface area contributed by atoms with E-state index in [1.807, 2.05) is 25.1 Å². The summed E-state index contributed by atoms with van der Waals surface area (Å²) in [6.45, 7) is 4.37. The number of carbonyl (C=O) groups is 1. The molecule has 6 nitrogen and oxygen atoms in total. The van der Waals surface area contributed by atoms with Crippen molar-refractivity contribution in [2.45, 2.75) is 0 Å². The smallest absolute Gasteiger partial charge is 0.340 e. The summed E-state index contributed by atoms with van der Waals surface area (Å²) in [6, 6.07) is 5.26. The Bertz CT molecular complexity index is 485. The molecule has 0 bridgehead atoms. The predicted octanol–water partition coefficient (Wildman–Crippen LogP) is 0.824. The van der Waals surface area contributed by atoms with Crippen LogP contribution in [0.4, 0.5) is 11.4 Å². The fraction of sp³-hybridized carbons (Fsp3) is 0.533. The van der Waals surface area contributed by atoms with Crippen LogP contribution in [-0.4, -0.2) is 64.4 Å². The molecule has 0 spiro atoms. The van der Waals surface area contributed by atoms with Crippen molar-refractivity contribution in [1.29, 1.82) is 0 Å². The fourth-order valence-electron chi connectivity index (χ4n) is 2.28. The van der Waals surface area contributed by atoms with Gasteiger partial charge in [-0.05, 0) is 18.2 Å². The van der Waals surface area contributed by atoms with E-state index in [2.05, 4.69) is 4.90 Å². The average molecular weight is 293 g/mol. The number of rotatable bonds is 5. The van der Waals surface area contributed by atoms with Crippen LogP contribution >= 0.6 is 0 Å². The van der Waals surface area contributed by atoms with Gasteiger partial charge in [0.25, 0.3) is 0 Å². The van der Waals surface area contributed by atoms with E-state index in [-0.39, 0.29) is 5.97 Å². The Kier molecular flexibility index (Phi) is 5.41. The molecule has 2 rings (SSSR count). The number of ether oxygens (including phenoxy) is 2. The van der Waals surface area contributed by atoms with E-state index in [1.54, 1.807) is 12.1 Å². The van der Waals surface area contributed by atoms with Gasteiger partial charge in [-0.25, -0.2) is 4.79 Å². The van der Waals surface area contributed by atoms with Crippen LogP contribution < -0.4 is 10.6 Å². The Balaban J connectivity index is 1.92. The molecule has 6 heteroatoms. The lowest BCUT2D eigenvalue weighted by Crippen LogP contribution is -2.38. The van der Waals surface area contributed by atoms with Crippen molar-refractivity contribution < 1.29 is 14.3 Å². The third kappa shape index (κ3) is 4.34. The van der Waals surface area contributed by atoms with Crippen molar-refractivity contribution in [2.24, 2.45) is 0 Å². The van der Waals surface area contributed by atoms with Gasteiger partial charge in [0.05, 0.1) is 24.5 Å². The zero-order valence-electron chi connectivity index (χ0n) is 12.7. The van der Waals surface area contributed by atoms with Gasteiger partial charge in [-0.15, -0.1) is 0 Å². The van der Waals surface area contributed by atoms with Crippen molar-refractivity contribution in [3.05, 3.63) is 23.8 Å². The van der Waals surface area contributed by atoms with Crippen LogP contribution in [0.15, 0.2) is 18.2 Å². The van der Waals surface area contributed by atoms with Gasteiger partial charge in [-0.1, -0.05) is 0 Å². The van der Waals surface area contributed by atoms with Gasteiger partial charge >= 0.3 is 5.97 Å². The molecule has 0 saturated carbocycles. The molecule has 0 radical (unpaired) electrons. The van der Waals surface area contributed by atoms with Crippen molar-refractivity contribution in [1.82, 2.24) is 4.90 Å². The number of nitrogen functional groups attached to an aromatic ring is 1. The monoisotopic (exact) mass is 293 g/mol. The van der Waals surface area contributed by atoms with Gasteiger partial charge in [0.1, 0.15) is 6.61 Å². The van der Waals surface area contributed by atoms with Crippen LogP contribution in [0.25, 0.3) is 0 Å². The molecule has 1 heterocycles. The van der Waals surface area contributed by atoms with E-state index in [1.165, 1.54) is 0 Å². The largest absolute Gasteiger partial charge is 0.461 e. The van der Waals surface area contributed by atoms with E-state index in [0.717, 1.165) is 38.5 Å². The summed E-state index contributed by atoms with van der Waals surface area (Å²) in [7, 11) is 3.77. The second kappa shape index (κ2) is 7.28. The third-order valence-corrected chi connectivity index (χ3v) is 3.47. The highest BCUT2D eigenvalue weighted by Crippen LogP contribution is 2.22. The molecule has 1 fully saturated rings. The molecule has 1 aliphatic heterocycles. The first-order valence-electron chi connectivity index (χ1n) is 7.12. The number of carbonyl (C=O) groups excluding carboxylic acids is 1. The van der Waals surface area contributed by atoms with Gasteiger partial charge in [-0.2, -0.15) is 0 Å². The second-order valence-electron chi connectivity index (χ2n) is 5.26. The SMILES string of the molecule is CN(C)c1ccc(N)cc1C(=O)OCCN1CCOCC1. The summed E-state index contributed by atoms with van der Waals surface area (Å²) in [5.41, 5.74) is 7.63. The van der Waals surface area contributed by atoms with Crippen molar-refractivity contribution in [2.75, 3.05) is 64.2 Å². The first-order valence-corrected chi connectivity index (χ1v) is 7.12. The third-order valence-electron chi connectivity index (χ3n) is 3.47. The minimum absolute atomic E-state index is 0.334. The predicted molar refractivity (Wildman–Crippen MR) is 82.7 cm³/mol. The first kappa shape index (κ1) is 15.6. The maximum Gasteiger partial charge on any atom is 0.340 e. The lowest BCUT2D eigenvalue weighted by atomic mass is 10.1. The number of nitrogens with two attached hydrogens (primary N) is 1. The van der Waals surface area contributed by atoms with E-state index < -0.39 is 0 Å². The Labute approximate surface area is 125 Å². The maximum atomic E-state index is 12.2. The Morgan fingerprint density at radius 1 is 1.38 bits per heavy atom. The van der Waals surface area contributed by atoms with Crippen molar-refractivity contribution in [3.8, 4) is 0 Å². The molecule has 0 amide bonds. The highest BCUT2D eigenvalue weighted by Gasteiger charge is 2.16. The number of hydrogen-bond acceptors (Lipinski definition) is 6. The second-order valence-corrected chi connectivity index (χ2v) is 5.26. The quantitative estimate of drug-likeness (QED) is 0.640. The Hall–Kier alpha value is -1.79. The van der Waals surface area contributed by atoms with Crippen LogP contribution in [0.1, 0.15) is 10.4 Å². The number of hydrogen-bond donors (Lipinski definition) is 1. The fourth-order valence-corrected chi connectivity index (χ4v) is 2.28. The molecule has 2 N–H and O–H groups in total. The maximum absolute atomic E-state index is 12.2. The normalized spacial score (nSPS) is 15.7. The molecular formula is C15H23N3O3. The summed E-state index contributed by atoms with van der Waals surface area (Å²) in [4.78, 5) is 16.3. The summed E-state index contributed by atoms with van der Waals surface area (Å²) in [5, 5.41) is 0. The van der Waals surface area contributed by atoms with Crippen molar-refractivity contribution in [3.63, 3.8) is 0 Å². The van der Waals surface area contributed by atoms with Gasteiger partial charge in [0.15, 0.2) is 0 Å². The average Bonchev–Trinajstić information content (AvgIpc) is 2.47. The van der Waals surface area contributed by atoms with Gasteiger partial charge in [0.2, 0.25) is 0 Å². The molecule has 1 aromatic carbocycles. The lowest BCUT2D eigenvalue weighted by molar-refractivity contribution is 0.0196. The molecule has 1 saturated heterocycles. The molecular weight excluding hydrogens is 270 g/mol. The van der Waals surface area contributed by atoms with Crippen LogP contribution in [0.2, 0.25) is 0 Å².